The summed E-state index contributed by atoms with van der Waals surface area (Å²) >= 11 is 0. The summed E-state index contributed by atoms with van der Waals surface area (Å²) in [6, 6.07) is 3.26. The van der Waals surface area contributed by atoms with Crippen LogP contribution in [0.5, 0.6) is 0 Å². The monoisotopic (exact) mass is 304 g/mol. The van der Waals surface area contributed by atoms with Gasteiger partial charge < -0.3 is 0 Å². The van der Waals surface area contributed by atoms with Gasteiger partial charge in [0.15, 0.2) is 5.82 Å². The first-order valence-corrected chi connectivity index (χ1v) is 7.58. The van der Waals surface area contributed by atoms with Gasteiger partial charge >= 0.3 is 0 Å². The van der Waals surface area contributed by atoms with Gasteiger partial charge in [0.05, 0.1) is 0 Å². The van der Waals surface area contributed by atoms with Crippen molar-refractivity contribution in [3.8, 4) is 5.69 Å². The first kappa shape index (κ1) is 13.7. The lowest BCUT2D eigenvalue weighted by Crippen LogP contribution is -2.33. The molecule has 3 nitrogen and oxygen atoms in total. The molecule has 1 saturated carbocycles. The molecule has 2 bridgehead atoms. The van der Waals surface area contributed by atoms with Crippen molar-refractivity contribution < 1.29 is 8.78 Å². The summed E-state index contributed by atoms with van der Waals surface area (Å²) in [6.07, 6.45) is 2.00. The molecule has 4 rings (SSSR count). The molecular weight excluding hydrogens is 286 g/mol. The topological polar surface area (TPSA) is 37.8 Å². The Bertz CT molecular complexity index is 849. The van der Waals surface area contributed by atoms with Crippen LogP contribution in [-0.4, -0.2) is 9.78 Å². The molecule has 116 valence electrons. The third kappa shape index (κ3) is 1.37. The molecule has 1 aromatic heterocycles. The van der Waals surface area contributed by atoms with E-state index in [9.17, 15) is 13.6 Å². The molecule has 2 aliphatic rings. The number of aromatic amines is 1. The summed E-state index contributed by atoms with van der Waals surface area (Å²) in [7, 11) is 0. The van der Waals surface area contributed by atoms with Gasteiger partial charge in [-0.1, -0.05) is 20.8 Å². The van der Waals surface area contributed by atoms with Crippen molar-refractivity contribution in [1.29, 1.82) is 0 Å². The molecule has 1 aromatic carbocycles. The zero-order valence-corrected chi connectivity index (χ0v) is 12.8. The predicted octanol–water partition coefficient (Wildman–Crippen LogP) is 3.62. The normalized spacial score (nSPS) is 28.1. The number of fused-ring (bicyclic) bond motifs is 5. The average molecular weight is 304 g/mol. The van der Waals surface area contributed by atoms with Crippen LogP contribution in [0.2, 0.25) is 0 Å². The van der Waals surface area contributed by atoms with Gasteiger partial charge in [-0.3, -0.25) is 9.89 Å². The summed E-state index contributed by atoms with van der Waals surface area (Å²) in [4.78, 5) is 12.8. The van der Waals surface area contributed by atoms with Crippen LogP contribution in [-0.2, 0) is 5.41 Å². The van der Waals surface area contributed by atoms with E-state index in [1.165, 1.54) is 10.7 Å². The second-order valence-electron chi connectivity index (χ2n) is 7.28. The van der Waals surface area contributed by atoms with Crippen LogP contribution >= 0.6 is 0 Å². The molecule has 0 spiro atoms. The molecule has 2 atom stereocenters. The Labute approximate surface area is 126 Å². The minimum absolute atomic E-state index is 0.0216. The fourth-order valence-electron chi connectivity index (χ4n) is 4.48. The molecular formula is C17H18F2N2O. The van der Waals surface area contributed by atoms with Crippen molar-refractivity contribution in [2.24, 2.45) is 5.41 Å². The average Bonchev–Trinajstić information content (AvgIpc) is 2.94. The highest BCUT2D eigenvalue weighted by atomic mass is 19.1. The standard InChI is InChI=1S/C17H18F2N2O/c1-16(2)10-6-7-17(16,3)14-13(10)15(22)21(20-14)12-5-4-9(18)8-11(12)19/h4-5,8,10,20H,6-7H2,1-3H3/t10?,17-/m0/s1. The number of rotatable bonds is 1. The van der Waals surface area contributed by atoms with Gasteiger partial charge in [0.25, 0.3) is 5.56 Å². The lowest BCUT2D eigenvalue weighted by atomic mass is 9.70. The van der Waals surface area contributed by atoms with E-state index in [0.29, 0.717) is 0 Å². The quantitative estimate of drug-likeness (QED) is 0.858. The molecule has 0 saturated heterocycles. The summed E-state index contributed by atoms with van der Waals surface area (Å²) in [5, 5.41) is 3.11. The third-order valence-electron chi connectivity index (χ3n) is 6.20. The lowest BCUT2D eigenvalue weighted by molar-refractivity contribution is 0.224. The maximum atomic E-state index is 14.0. The first-order valence-electron chi connectivity index (χ1n) is 7.58. The lowest BCUT2D eigenvalue weighted by Gasteiger charge is -2.34. The molecule has 22 heavy (non-hydrogen) atoms. The Hall–Kier alpha value is -1.91. The van der Waals surface area contributed by atoms with Crippen molar-refractivity contribution in [3.05, 3.63) is 51.4 Å². The van der Waals surface area contributed by atoms with Crippen molar-refractivity contribution in [2.45, 2.75) is 44.9 Å². The maximum Gasteiger partial charge on any atom is 0.275 e. The van der Waals surface area contributed by atoms with Crippen LogP contribution in [0.4, 0.5) is 8.78 Å². The predicted molar refractivity (Wildman–Crippen MR) is 79.4 cm³/mol. The zero-order valence-electron chi connectivity index (χ0n) is 12.8. The van der Waals surface area contributed by atoms with Gasteiger partial charge in [-0.25, -0.2) is 13.5 Å². The van der Waals surface area contributed by atoms with Crippen molar-refractivity contribution in [3.63, 3.8) is 0 Å². The molecule has 0 aliphatic heterocycles. The minimum Gasteiger partial charge on any atom is -0.294 e. The fraction of sp³-hybridized carbons (Fsp3) is 0.471. The molecule has 2 aliphatic carbocycles. The summed E-state index contributed by atoms with van der Waals surface area (Å²) < 4.78 is 28.3. The number of aromatic nitrogens is 2. The molecule has 1 N–H and O–H groups in total. The van der Waals surface area contributed by atoms with Gasteiger partial charge in [-0.15, -0.1) is 0 Å². The molecule has 5 heteroatoms. The fourth-order valence-corrected chi connectivity index (χ4v) is 4.48. The van der Waals surface area contributed by atoms with Crippen LogP contribution in [0.3, 0.4) is 0 Å². The Morgan fingerprint density at radius 1 is 1.27 bits per heavy atom. The molecule has 2 aromatic rings. The first-order chi connectivity index (χ1) is 10.3. The van der Waals surface area contributed by atoms with Gasteiger partial charge in [0, 0.05) is 22.7 Å². The van der Waals surface area contributed by atoms with E-state index in [4.69, 9.17) is 0 Å². The van der Waals surface area contributed by atoms with Crippen molar-refractivity contribution >= 4 is 0 Å². The summed E-state index contributed by atoms with van der Waals surface area (Å²) in [5.74, 6) is -1.19. The van der Waals surface area contributed by atoms with E-state index in [-0.39, 0.29) is 28.0 Å². The Kier molecular flexibility index (Phi) is 2.43. The molecule has 0 radical (unpaired) electrons. The number of nitrogens with one attached hydrogen (secondary N) is 1. The molecule has 0 amide bonds. The number of benzene rings is 1. The summed E-state index contributed by atoms with van der Waals surface area (Å²) in [5.41, 5.74) is 1.48. The molecule has 1 fully saturated rings. The number of halogens is 2. The van der Waals surface area contributed by atoms with E-state index in [1.807, 2.05) is 0 Å². The van der Waals surface area contributed by atoms with Crippen LogP contribution in [0.15, 0.2) is 23.0 Å². The van der Waals surface area contributed by atoms with E-state index in [0.717, 1.165) is 36.2 Å². The van der Waals surface area contributed by atoms with Crippen molar-refractivity contribution in [1.82, 2.24) is 9.78 Å². The van der Waals surface area contributed by atoms with E-state index in [1.54, 1.807) is 0 Å². The maximum absolute atomic E-state index is 14.0. The second-order valence-corrected chi connectivity index (χ2v) is 7.28. The minimum atomic E-state index is -0.737. The number of hydrogen-bond acceptors (Lipinski definition) is 1. The highest BCUT2D eigenvalue weighted by molar-refractivity contribution is 5.46. The summed E-state index contributed by atoms with van der Waals surface area (Å²) in [6.45, 7) is 6.56. The van der Waals surface area contributed by atoms with Gasteiger partial charge in [-0.05, 0) is 36.3 Å². The Balaban J connectivity index is 1.96. The highest BCUT2D eigenvalue weighted by Crippen LogP contribution is 2.66. The second kappa shape index (κ2) is 3.89. The van der Waals surface area contributed by atoms with Gasteiger partial charge in [0.1, 0.15) is 11.5 Å². The number of hydrogen-bond donors (Lipinski definition) is 1. The van der Waals surface area contributed by atoms with E-state index in [2.05, 4.69) is 25.9 Å². The Morgan fingerprint density at radius 2 is 2.00 bits per heavy atom. The van der Waals surface area contributed by atoms with Crippen LogP contribution in [0.25, 0.3) is 5.69 Å². The SMILES string of the molecule is CC1(C)C2CC[C@@]1(C)c1[nH]n(-c3ccc(F)cc3F)c(=O)c12. The number of H-pyrrole nitrogens is 1. The number of nitrogens with zero attached hydrogens (tertiary/aromatic N) is 1. The van der Waals surface area contributed by atoms with Crippen molar-refractivity contribution in [2.75, 3.05) is 0 Å². The van der Waals surface area contributed by atoms with Crippen LogP contribution in [0, 0.1) is 17.0 Å². The third-order valence-corrected chi connectivity index (χ3v) is 6.20. The largest absolute Gasteiger partial charge is 0.294 e. The highest BCUT2D eigenvalue weighted by Gasteiger charge is 2.61. The molecule has 1 unspecified atom stereocenters. The van der Waals surface area contributed by atoms with E-state index >= 15 is 0 Å². The van der Waals surface area contributed by atoms with Crippen LogP contribution < -0.4 is 5.56 Å². The molecule has 1 heterocycles. The smallest absolute Gasteiger partial charge is 0.275 e. The zero-order chi connectivity index (χ0) is 15.9. The van der Waals surface area contributed by atoms with E-state index < -0.39 is 11.6 Å². The van der Waals surface area contributed by atoms with Crippen LogP contribution in [0.1, 0.15) is 50.8 Å². The van der Waals surface area contributed by atoms with Gasteiger partial charge in [-0.2, -0.15) is 0 Å². The Morgan fingerprint density at radius 3 is 2.64 bits per heavy atom. The van der Waals surface area contributed by atoms with Gasteiger partial charge in [0.2, 0.25) is 0 Å².